The highest BCUT2D eigenvalue weighted by atomic mass is 16.7. The van der Waals surface area contributed by atoms with Crippen molar-refractivity contribution in [1.29, 1.82) is 0 Å². The maximum atomic E-state index is 11.2. The molecule has 1 aromatic carbocycles. The van der Waals surface area contributed by atoms with Crippen molar-refractivity contribution in [1.82, 2.24) is 0 Å². The summed E-state index contributed by atoms with van der Waals surface area (Å²) in [5, 5.41) is 25.1. The minimum atomic E-state index is -2.38. The molecule has 0 saturated carbocycles. The van der Waals surface area contributed by atoms with Crippen molar-refractivity contribution in [3.05, 3.63) is 74.9 Å². The molecule has 1 atom stereocenters. The summed E-state index contributed by atoms with van der Waals surface area (Å²) in [5.74, 6) is 0. The average Bonchev–Trinajstić information content (AvgIpc) is 2.40. The predicted octanol–water partition coefficient (Wildman–Crippen LogP) is 1.84. The van der Waals surface area contributed by atoms with Gasteiger partial charge in [-0.05, 0) is 18.2 Å². The van der Waals surface area contributed by atoms with Crippen LogP contribution in [0.15, 0.2) is 54.6 Å². The van der Waals surface area contributed by atoms with Gasteiger partial charge >= 0.3 is 5.66 Å². The summed E-state index contributed by atoms with van der Waals surface area (Å²) in [6.07, 6.45) is 5.27. The van der Waals surface area contributed by atoms with Crippen molar-refractivity contribution in [2.75, 3.05) is 5.32 Å². The van der Waals surface area contributed by atoms with Gasteiger partial charge in [-0.1, -0.05) is 30.4 Å². The van der Waals surface area contributed by atoms with Crippen molar-refractivity contribution in [2.45, 2.75) is 11.7 Å². The molecular weight excluding hydrogens is 250 g/mol. The number of nitrogens with one attached hydrogen (secondary N) is 1. The predicted molar refractivity (Wildman–Crippen MR) is 68.9 cm³/mol. The van der Waals surface area contributed by atoms with Gasteiger partial charge in [0.15, 0.2) is 6.04 Å². The lowest BCUT2D eigenvalue weighted by atomic mass is 9.96. The Morgan fingerprint density at radius 1 is 1.05 bits per heavy atom. The van der Waals surface area contributed by atoms with E-state index >= 15 is 0 Å². The van der Waals surface area contributed by atoms with Gasteiger partial charge in [0.05, 0.1) is 6.08 Å². The van der Waals surface area contributed by atoms with E-state index in [0.29, 0.717) is 5.69 Å². The van der Waals surface area contributed by atoms with Crippen LogP contribution in [-0.4, -0.2) is 21.6 Å². The number of hydrogen-bond donors (Lipinski definition) is 1. The average molecular weight is 261 g/mol. The van der Waals surface area contributed by atoms with Gasteiger partial charge in [0.2, 0.25) is 0 Å². The monoisotopic (exact) mass is 261 g/mol. The third-order valence-corrected chi connectivity index (χ3v) is 2.89. The van der Waals surface area contributed by atoms with E-state index in [1.807, 2.05) is 0 Å². The number of nitro groups is 2. The van der Waals surface area contributed by atoms with Crippen LogP contribution in [0, 0.1) is 20.2 Å². The Labute approximate surface area is 108 Å². The van der Waals surface area contributed by atoms with E-state index in [1.165, 1.54) is 12.2 Å². The Balaban J connectivity index is 2.36. The highest BCUT2D eigenvalue weighted by molar-refractivity contribution is 5.46. The van der Waals surface area contributed by atoms with Gasteiger partial charge in [-0.2, -0.15) is 0 Å². The van der Waals surface area contributed by atoms with Crippen LogP contribution >= 0.6 is 0 Å². The number of benzene rings is 1. The molecule has 0 heterocycles. The van der Waals surface area contributed by atoms with Crippen molar-refractivity contribution in [2.24, 2.45) is 0 Å². The molecule has 0 unspecified atom stereocenters. The lowest BCUT2D eigenvalue weighted by Crippen LogP contribution is -2.57. The molecule has 0 saturated heterocycles. The van der Waals surface area contributed by atoms with E-state index in [9.17, 15) is 20.2 Å². The van der Waals surface area contributed by atoms with Crippen LogP contribution < -0.4 is 5.32 Å². The number of allylic oxidation sites excluding steroid dienone is 2. The second-order valence-corrected chi connectivity index (χ2v) is 4.03. The fourth-order valence-corrected chi connectivity index (χ4v) is 1.90. The van der Waals surface area contributed by atoms with Gasteiger partial charge in [0.1, 0.15) is 9.85 Å². The van der Waals surface area contributed by atoms with Crippen LogP contribution in [0.2, 0.25) is 0 Å². The summed E-state index contributed by atoms with van der Waals surface area (Å²) < 4.78 is 0. The van der Waals surface area contributed by atoms with Gasteiger partial charge in [0, 0.05) is 5.69 Å². The van der Waals surface area contributed by atoms with Gasteiger partial charge < -0.3 is 5.32 Å². The first-order valence-corrected chi connectivity index (χ1v) is 5.54. The van der Waals surface area contributed by atoms with Crippen LogP contribution in [0.25, 0.3) is 0 Å². The highest BCUT2D eigenvalue weighted by Crippen LogP contribution is 2.26. The van der Waals surface area contributed by atoms with Crippen molar-refractivity contribution >= 4 is 5.69 Å². The molecule has 0 spiro atoms. The fraction of sp³-hybridized carbons (Fsp3) is 0.167. The Morgan fingerprint density at radius 2 is 1.68 bits per heavy atom. The molecule has 1 aliphatic rings. The number of para-hydroxylation sites is 1. The van der Waals surface area contributed by atoms with Crippen LogP contribution in [-0.2, 0) is 0 Å². The summed E-state index contributed by atoms with van der Waals surface area (Å²) in [6.45, 7) is 0. The molecule has 1 N–H and O–H groups in total. The molecule has 1 aliphatic carbocycles. The standard InChI is InChI=1S/C12H11N3O4/c16-14(17)12(15(18)19)9-5-4-8-11(12)13-10-6-2-1-3-7-10/h1-9,11,13H/t11-/m1/s1. The van der Waals surface area contributed by atoms with Crippen LogP contribution in [0.1, 0.15) is 0 Å². The molecule has 7 nitrogen and oxygen atoms in total. The SMILES string of the molecule is O=[N+]([O-])C1([N+](=O)[O-])C=CC=C[C@H]1Nc1ccccc1. The third kappa shape index (κ3) is 2.17. The minimum Gasteiger partial charge on any atom is -0.366 e. The van der Waals surface area contributed by atoms with Crippen molar-refractivity contribution < 1.29 is 9.85 Å². The molecule has 0 aromatic heterocycles. The molecule has 0 aliphatic heterocycles. The molecule has 1 aromatic rings. The quantitative estimate of drug-likeness (QED) is 0.506. The smallest absolute Gasteiger partial charge is 0.366 e. The first kappa shape index (κ1) is 12.7. The summed E-state index contributed by atoms with van der Waals surface area (Å²) in [5.41, 5.74) is -1.80. The van der Waals surface area contributed by atoms with Gasteiger partial charge in [-0.15, -0.1) is 0 Å². The summed E-state index contributed by atoms with van der Waals surface area (Å²) in [6, 6.07) is 7.60. The Bertz CT molecular complexity index is 539. The van der Waals surface area contributed by atoms with E-state index < -0.39 is 21.6 Å². The lowest BCUT2D eigenvalue weighted by molar-refractivity contribution is -0.781. The normalized spacial score (nSPS) is 19.9. The third-order valence-electron chi connectivity index (χ3n) is 2.89. The van der Waals surface area contributed by atoms with Crippen molar-refractivity contribution in [3.8, 4) is 0 Å². The number of rotatable bonds is 4. The number of anilines is 1. The maximum Gasteiger partial charge on any atom is 0.500 e. The van der Waals surface area contributed by atoms with E-state index in [2.05, 4.69) is 5.32 Å². The first-order chi connectivity index (χ1) is 9.07. The zero-order chi connectivity index (χ0) is 13.9. The molecule has 2 rings (SSSR count). The van der Waals surface area contributed by atoms with E-state index in [0.717, 1.165) is 6.08 Å². The number of nitrogens with zero attached hydrogens (tertiary/aromatic N) is 2. The molecule has 7 heteroatoms. The first-order valence-electron chi connectivity index (χ1n) is 5.54. The van der Waals surface area contributed by atoms with Gasteiger partial charge in [0.25, 0.3) is 0 Å². The molecule has 0 radical (unpaired) electrons. The molecule has 98 valence electrons. The topological polar surface area (TPSA) is 98.3 Å². The lowest BCUT2D eigenvalue weighted by Gasteiger charge is -2.24. The fourth-order valence-electron chi connectivity index (χ4n) is 1.90. The second kappa shape index (κ2) is 4.89. The second-order valence-electron chi connectivity index (χ2n) is 4.03. The number of hydrogen-bond acceptors (Lipinski definition) is 5. The van der Waals surface area contributed by atoms with Gasteiger partial charge in [-0.3, -0.25) is 20.2 Å². The van der Waals surface area contributed by atoms with Gasteiger partial charge in [-0.25, -0.2) is 0 Å². The van der Waals surface area contributed by atoms with Crippen LogP contribution in [0.5, 0.6) is 0 Å². The van der Waals surface area contributed by atoms with Crippen molar-refractivity contribution in [3.63, 3.8) is 0 Å². The van der Waals surface area contributed by atoms with Crippen LogP contribution in [0.3, 0.4) is 0 Å². The summed E-state index contributed by atoms with van der Waals surface area (Å²) in [4.78, 5) is 20.6. The Hall–Kier alpha value is -2.70. The zero-order valence-electron chi connectivity index (χ0n) is 9.80. The van der Waals surface area contributed by atoms with Crippen LogP contribution in [0.4, 0.5) is 5.69 Å². The minimum absolute atomic E-state index is 0.584. The highest BCUT2D eigenvalue weighted by Gasteiger charge is 2.61. The molecular formula is C12H11N3O4. The maximum absolute atomic E-state index is 11.2. The van der Waals surface area contributed by atoms with E-state index in [4.69, 9.17) is 0 Å². The Morgan fingerprint density at radius 3 is 2.26 bits per heavy atom. The molecule has 0 bridgehead atoms. The molecule has 0 fully saturated rings. The molecule has 19 heavy (non-hydrogen) atoms. The summed E-state index contributed by atoms with van der Waals surface area (Å²) in [7, 11) is 0. The Kier molecular flexibility index (Phi) is 3.28. The summed E-state index contributed by atoms with van der Waals surface area (Å²) >= 11 is 0. The van der Waals surface area contributed by atoms with E-state index in [1.54, 1.807) is 36.4 Å². The molecule has 0 amide bonds. The van der Waals surface area contributed by atoms with E-state index in [-0.39, 0.29) is 0 Å². The zero-order valence-corrected chi connectivity index (χ0v) is 9.80. The largest absolute Gasteiger partial charge is 0.500 e.